The zero-order valence-corrected chi connectivity index (χ0v) is 19.8. The third-order valence-corrected chi connectivity index (χ3v) is 6.76. The highest BCUT2D eigenvalue weighted by molar-refractivity contribution is 5.82. The van der Waals surface area contributed by atoms with Gasteiger partial charge in [-0.25, -0.2) is 0 Å². The smallest absolute Gasteiger partial charge is 0.138 e. The average molecular weight is 414 g/mol. The van der Waals surface area contributed by atoms with Crippen molar-refractivity contribution in [2.75, 3.05) is 13.1 Å². The third kappa shape index (κ3) is 11.3. The number of ketones is 1. The second-order valence-electron chi connectivity index (χ2n) is 9.52. The van der Waals surface area contributed by atoms with Gasteiger partial charge in [-0.3, -0.25) is 9.69 Å². The van der Waals surface area contributed by atoms with Gasteiger partial charge >= 0.3 is 0 Å². The molecule has 1 aromatic carbocycles. The molecule has 1 unspecified atom stereocenters. The zero-order valence-electron chi connectivity index (χ0n) is 19.8. The van der Waals surface area contributed by atoms with E-state index in [-0.39, 0.29) is 5.92 Å². The molecule has 0 amide bonds. The van der Waals surface area contributed by atoms with E-state index in [4.69, 9.17) is 0 Å². The molecule has 1 fully saturated rings. The molecule has 2 heteroatoms. The fourth-order valence-corrected chi connectivity index (χ4v) is 4.80. The Bertz CT molecular complexity index is 541. The minimum Gasteiger partial charge on any atom is -0.299 e. The molecule has 2 rings (SSSR count). The molecule has 2 nitrogen and oxygen atoms in total. The molecule has 0 N–H and O–H groups in total. The monoisotopic (exact) mass is 413 g/mol. The summed E-state index contributed by atoms with van der Waals surface area (Å²) in [5.74, 6) is 0.786. The fraction of sp³-hybridized carbons (Fsp3) is 0.750. The van der Waals surface area contributed by atoms with Crippen molar-refractivity contribution >= 4 is 5.78 Å². The van der Waals surface area contributed by atoms with Crippen LogP contribution in [0.5, 0.6) is 0 Å². The normalized spacial score (nSPS) is 17.5. The van der Waals surface area contributed by atoms with Crippen LogP contribution in [0.2, 0.25) is 0 Å². The Hall–Kier alpha value is -1.15. The Kier molecular flexibility index (Phi) is 13.8. The third-order valence-electron chi connectivity index (χ3n) is 6.76. The maximum atomic E-state index is 12.3. The van der Waals surface area contributed by atoms with E-state index in [1.807, 2.05) is 0 Å². The van der Waals surface area contributed by atoms with Crippen LogP contribution in [0.4, 0.5) is 0 Å². The summed E-state index contributed by atoms with van der Waals surface area (Å²) in [5.41, 5.74) is 1.36. The SMILES string of the molecule is CCCCCCCCCCCCCCCCC1CN(Cc2ccccc2)CCC1=O. The topological polar surface area (TPSA) is 20.3 Å². The van der Waals surface area contributed by atoms with E-state index < -0.39 is 0 Å². The number of nitrogens with zero attached hydrogens (tertiary/aromatic N) is 1. The molecule has 1 atom stereocenters. The number of hydrogen-bond donors (Lipinski definition) is 0. The first-order valence-corrected chi connectivity index (χ1v) is 13.1. The predicted molar refractivity (Wildman–Crippen MR) is 130 cm³/mol. The highest BCUT2D eigenvalue weighted by Gasteiger charge is 2.26. The van der Waals surface area contributed by atoms with E-state index in [0.717, 1.165) is 32.5 Å². The summed E-state index contributed by atoms with van der Waals surface area (Å²) < 4.78 is 0. The van der Waals surface area contributed by atoms with Crippen LogP contribution in [0.1, 0.15) is 115 Å². The minimum absolute atomic E-state index is 0.278. The summed E-state index contributed by atoms with van der Waals surface area (Å²) in [6, 6.07) is 10.7. The quantitative estimate of drug-likeness (QED) is 0.241. The van der Waals surface area contributed by atoms with Crippen LogP contribution in [0, 0.1) is 5.92 Å². The molecule has 0 spiro atoms. The van der Waals surface area contributed by atoms with Gasteiger partial charge in [0.1, 0.15) is 5.78 Å². The lowest BCUT2D eigenvalue weighted by Crippen LogP contribution is -2.40. The van der Waals surface area contributed by atoms with Crippen LogP contribution < -0.4 is 0 Å². The number of rotatable bonds is 17. The van der Waals surface area contributed by atoms with Crippen molar-refractivity contribution in [2.45, 2.75) is 116 Å². The van der Waals surface area contributed by atoms with Gasteiger partial charge in [0.05, 0.1) is 0 Å². The number of carbonyl (C=O) groups is 1. The Balaban J connectivity index is 1.43. The van der Waals surface area contributed by atoms with Gasteiger partial charge in [-0.1, -0.05) is 127 Å². The van der Waals surface area contributed by atoms with Gasteiger partial charge in [0.25, 0.3) is 0 Å². The van der Waals surface area contributed by atoms with Crippen molar-refractivity contribution in [3.05, 3.63) is 35.9 Å². The molecule has 1 aromatic rings. The van der Waals surface area contributed by atoms with Crippen LogP contribution in [0.15, 0.2) is 30.3 Å². The number of benzene rings is 1. The first kappa shape index (κ1) is 25.1. The Morgan fingerprint density at radius 1 is 0.767 bits per heavy atom. The van der Waals surface area contributed by atoms with Crippen LogP contribution >= 0.6 is 0 Å². The van der Waals surface area contributed by atoms with Crippen molar-refractivity contribution in [2.24, 2.45) is 5.92 Å². The van der Waals surface area contributed by atoms with E-state index in [9.17, 15) is 4.79 Å². The van der Waals surface area contributed by atoms with Crippen LogP contribution in [0.3, 0.4) is 0 Å². The molecule has 1 aliphatic rings. The minimum atomic E-state index is 0.278. The summed E-state index contributed by atoms with van der Waals surface area (Å²) >= 11 is 0. The molecule has 0 aliphatic carbocycles. The van der Waals surface area contributed by atoms with Crippen LogP contribution in [-0.4, -0.2) is 23.8 Å². The van der Waals surface area contributed by atoms with Crippen molar-refractivity contribution in [1.29, 1.82) is 0 Å². The summed E-state index contributed by atoms with van der Waals surface area (Å²) in [6.45, 7) is 5.18. The number of unbranched alkanes of at least 4 members (excludes halogenated alkanes) is 13. The summed E-state index contributed by atoms with van der Waals surface area (Å²) in [6.07, 6.45) is 21.4. The second kappa shape index (κ2) is 16.5. The lowest BCUT2D eigenvalue weighted by molar-refractivity contribution is -0.126. The van der Waals surface area contributed by atoms with Crippen molar-refractivity contribution in [1.82, 2.24) is 4.90 Å². The van der Waals surface area contributed by atoms with Gasteiger partial charge < -0.3 is 0 Å². The largest absolute Gasteiger partial charge is 0.299 e. The van der Waals surface area contributed by atoms with Gasteiger partial charge in [0.15, 0.2) is 0 Å². The van der Waals surface area contributed by atoms with E-state index in [1.165, 1.54) is 95.5 Å². The molecule has 1 saturated heterocycles. The van der Waals surface area contributed by atoms with Crippen molar-refractivity contribution < 1.29 is 4.79 Å². The molecular formula is C28H47NO. The van der Waals surface area contributed by atoms with Crippen molar-refractivity contribution in [3.8, 4) is 0 Å². The number of carbonyl (C=O) groups excluding carboxylic acids is 1. The molecule has 1 aliphatic heterocycles. The molecule has 0 saturated carbocycles. The van der Waals surface area contributed by atoms with Crippen LogP contribution in [-0.2, 0) is 11.3 Å². The Morgan fingerprint density at radius 3 is 1.87 bits per heavy atom. The van der Waals surface area contributed by atoms with Gasteiger partial charge in [0.2, 0.25) is 0 Å². The highest BCUT2D eigenvalue weighted by atomic mass is 16.1. The van der Waals surface area contributed by atoms with Crippen LogP contribution in [0.25, 0.3) is 0 Å². The van der Waals surface area contributed by atoms with E-state index in [2.05, 4.69) is 42.2 Å². The molecule has 170 valence electrons. The lowest BCUT2D eigenvalue weighted by atomic mass is 9.90. The first-order valence-electron chi connectivity index (χ1n) is 13.1. The standard InChI is InChI=1S/C28H47NO/c1-2-3-4-5-6-7-8-9-10-11-12-13-14-18-21-27-25-29(23-22-28(27)30)24-26-19-16-15-17-20-26/h15-17,19-20,27H,2-14,18,21-25H2,1H3. The summed E-state index contributed by atoms with van der Waals surface area (Å²) in [7, 11) is 0. The van der Waals surface area contributed by atoms with Gasteiger partial charge in [-0.05, 0) is 12.0 Å². The molecule has 0 bridgehead atoms. The number of Topliss-reactive ketones (excluding diaryl/α,β-unsaturated/α-hetero) is 1. The van der Waals surface area contributed by atoms with E-state index >= 15 is 0 Å². The molecule has 30 heavy (non-hydrogen) atoms. The summed E-state index contributed by atoms with van der Waals surface area (Å²) in [4.78, 5) is 14.8. The van der Waals surface area contributed by atoms with Crippen molar-refractivity contribution in [3.63, 3.8) is 0 Å². The van der Waals surface area contributed by atoms with Gasteiger partial charge in [-0.15, -0.1) is 0 Å². The van der Waals surface area contributed by atoms with E-state index in [0.29, 0.717) is 5.78 Å². The molecule has 0 aromatic heterocycles. The predicted octanol–water partition coefficient (Wildman–Crippen LogP) is 7.95. The molecule has 1 heterocycles. The molecular weight excluding hydrogens is 366 g/mol. The first-order chi connectivity index (χ1) is 14.8. The zero-order chi connectivity index (χ0) is 21.3. The number of likely N-dealkylation sites (tertiary alicyclic amines) is 1. The summed E-state index contributed by atoms with van der Waals surface area (Å²) in [5, 5.41) is 0. The number of hydrogen-bond acceptors (Lipinski definition) is 2. The lowest BCUT2D eigenvalue weighted by Gasteiger charge is -2.31. The number of piperidine rings is 1. The molecule has 0 radical (unpaired) electrons. The maximum Gasteiger partial charge on any atom is 0.138 e. The average Bonchev–Trinajstić information content (AvgIpc) is 2.77. The Labute approximate surface area is 186 Å². The van der Waals surface area contributed by atoms with E-state index in [1.54, 1.807) is 0 Å². The second-order valence-corrected chi connectivity index (χ2v) is 9.52. The van der Waals surface area contributed by atoms with Gasteiger partial charge in [-0.2, -0.15) is 0 Å². The Morgan fingerprint density at radius 2 is 1.30 bits per heavy atom. The highest BCUT2D eigenvalue weighted by Crippen LogP contribution is 2.21. The fourth-order valence-electron chi connectivity index (χ4n) is 4.80. The maximum absolute atomic E-state index is 12.3. The van der Waals surface area contributed by atoms with Gasteiger partial charge in [0, 0.05) is 32.0 Å².